The molecule has 0 aromatic rings. The molecule has 0 aliphatic carbocycles. The third-order valence-corrected chi connectivity index (χ3v) is 3.05. The SMILES string of the molecule is CONC(=O)[C@@H](N)C(C)C.CONC(=O)[C@@H](NC(=O)OC(C)(C)C)C(C)C. The Hall–Kier alpha value is -1.91. The average molecular weight is 392 g/mol. The number of carbonyl (C=O) groups is 3. The van der Waals surface area contributed by atoms with Crippen molar-refractivity contribution < 1.29 is 28.8 Å². The molecule has 0 heterocycles. The molecule has 27 heavy (non-hydrogen) atoms. The molecule has 0 aromatic heterocycles. The average Bonchev–Trinajstić information content (AvgIpc) is 2.50. The van der Waals surface area contributed by atoms with Crippen molar-refractivity contribution in [2.24, 2.45) is 17.6 Å². The van der Waals surface area contributed by atoms with Gasteiger partial charge in [0.05, 0.1) is 20.3 Å². The van der Waals surface area contributed by atoms with Crippen LogP contribution in [0, 0.1) is 11.8 Å². The Bertz CT molecular complexity index is 463. The predicted molar refractivity (Wildman–Crippen MR) is 101 cm³/mol. The summed E-state index contributed by atoms with van der Waals surface area (Å²) in [5, 5.41) is 2.50. The lowest BCUT2D eigenvalue weighted by Gasteiger charge is -2.24. The van der Waals surface area contributed by atoms with Gasteiger partial charge in [0.25, 0.3) is 11.8 Å². The predicted octanol–water partition coefficient (Wildman–Crippen LogP) is 0.861. The van der Waals surface area contributed by atoms with Crippen molar-refractivity contribution in [3.05, 3.63) is 0 Å². The maximum absolute atomic E-state index is 11.6. The number of nitrogens with two attached hydrogens (primary N) is 1. The summed E-state index contributed by atoms with van der Waals surface area (Å²) in [6.45, 7) is 12.7. The Balaban J connectivity index is 0. The second-order valence-electron chi connectivity index (χ2n) is 7.48. The summed E-state index contributed by atoms with van der Waals surface area (Å²) in [7, 11) is 2.72. The fourth-order valence-corrected chi connectivity index (χ4v) is 1.60. The van der Waals surface area contributed by atoms with Gasteiger partial charge < -0.3 is 15.8 Å². The van der Waals surface area contributed by atoms with Crippen LogP contribution in [0.1, 0.15) is 48.5 Å². The molecule has 0 bridgehead atoms. The standard InChI is InChI=1S/C11H22N2O4.C6H14N2O2/c1-7(2)8(9(14)13-16-6)12-10(15)17-11(3,4)5;1-4(2)5(7)6(9)8-10-3/h7-8H,1-6H3,(H,12,15)(H,13,14);4-5H,7H2,1-3H3,(H,8,9)/t8-;5-/m00/s1. The number of rotatable bonds is 7. The number of amides is 3. The summed E-state index contributed by atoms with van der Waals surface area (Å²) < 4.78 is 5.08. The summed E-state index contributed by atoms with van der Waals surface area (Å²) in [4.78, 5) is 42.9. The molecular formula is C17H36N4O6. The molecule has 10 nitrogen and oxygen atoms in total. The first kappa shape index (κ1) is 27.3. The Labute approximate surface area is 161 Å². The van der Waals surface area contributed by atoms with Crippen molar-refractivity contribution in [3.8, 4) is 0 Å². The lowest BCUT2D eigenvalue weighted by Crippen LogP contribution is -2.50. The monoisotopic (exact) mass is 392 g/mol. The number of nitrogens with one attached hydrogen (secondary N) is 3. The van der Waals surface area contributed by atoms with Gasteiger partial charge in [-0.3, -0.25) is 19.3 Å². The summed E-state index contributed by atoms with van der Waals surface area (Å²) in [5.74, 6) is -0.626. The minimum Gasteiger partial charge on any atom is -0.444 e. The van der Waals surface area contributed by atoms with E-state index in [0.717, 1.165) is 0 Å². The summed E-state index contributed by atoms with van der Waals surface area (Å²) in [6.07, 6.45) is -0.623. The number of hydrogen-bond acceptors (Lipinski definition) is 7. The Morgan fingerprint density at radius 2 is 1.30 bits per heavy atom. The van der Waals surface area contributed by atoms with Gasteiger partial charge >= 0.3 is 6.09 Å². The summed E-state index contributed by atoms with van der Waals surface area (Å²) in [5.41, 5.74) is 9.21. The number of hydrogen-bond donors (Lipinski definition) is 4. The molecule has 0 spiro atoms. The molecule has 160 valence electrons. The van der Waals surface area contributed by atoms with E-state index in [1.807, 2.05) is 27.7 Å². The molecule has 0 aliphatic rings. The molecule has 0 aromatic carbocycles. The topological polar surface area (TPSA) is 141 Å². The first-order chi connectivity index (χ1) is 12.3. The van der Waals surface area contributed by atoms with Crippen LogP contribution in [0.15, 0.2) is 0 Å². The smallest absolute Gasteiger partial charge is 0.408 e. The van der Waals surface area contributed by atoms with Crippen LogP contribution < -0.4 is 22.0 Å². The van der Waals surface area contributed by atoms with Crippen LogP contribution in [0.5, 0.6) is 0 Å². The molecular weight excluding hydrogens is 356 g/mol. The van der Waals surface area contributed by atoms with E-state index in [1.165, 1.54) is 14.2 Å². The minimum atomic E-state index is -0.690. The Morgan fingerprint density at radius 3 is 1.63 bits per heavy atom. The van der Waals surface area contributed by atoms with Crippen molar-refractivity contribution in [2.75, 3.05) is 14.2 Å². The van der Waals surface area contributed by atoms with Crippen molar-refractivity contribution in [2.45, 2.75) is 66.2 Å². The third-order valence-electron chi connectivity index (χ3n) is 3.05. The number of ether oxygens (including phenoxy) is 1. The molecule has 0 aliphatic heterocycles. The van der Waals surface area contributed by atoms with E-state index in [0.29, 0.717) is 0 Å². The van der Waals surface area contributed by atoms with E-state index in [2.05, 4.69) is 26.0 Å². The maximum Gasteiger partial charge on any atom is 0.408 e. The number of hydroxylamine groups is 2. The maximum atomic E-state index is 11.6. The Kier molecular flexibility index (Phi) is 13.4. The molecule has 0 rings (SSSR count). The zero-order valence-corrected chi connectivity index (χ0v) is 17.8. The van der Waals surface area contributed by atoms with Crippen LogP contribution in [-0.4, -0.2) is 49.8 Å². The highest BCUT2D eigenvalue weighted by atomic mass is 16.6. The van der Waals surface area contributed by atoms with E-state index in [4.69, 9.17) is 10.5 Å². The van der Waals surface area contributed by atoms with Gasteiger partial charge in [-0.05, 0) is 32.6 Å². The normalized spacial score (nSPS) is 13.2. The molecule has 0 fully saturated rings. The van der Waals surface area contributed by atoms with Crippen LogP contribution >= 0.6 is 0 Å². The van der Waals surface area contributed by atoms with E-state index in [9.17, 15) is 14.4 Å². The highest BCUT2D eigenvalue weighted by Gasteiger charge is 2.26. The molecule has 0 radical (unpaired) electrons. The van der Waals surface area contributed by atoms with Crippen LogP contribution in [-0.2, 0) is 24.0 Å². The van der Waals surface area contributed by atoms with Gasteiger partial charge in [0.15, 0.2) is 0 Å². The van der Waals surface area contributed by atoms with Gasteiger partial charge in [-0.15, -0.1) is 0 Å². The molecule has 2 atom stereocenters. The van der Waals surface area contributed by atoms with Gasteiger partial charge in [-0.2, -0.15) is 0 Å². The largest absolute Gasteiger partial charge is 0.444 e. The van der Waals surface area contributed by atoms with Gasteiger partial charge in [0.2, 0.25) is 0 Å². The molecule has 0 saturated carbocycles. The second kappa shape index (κ2) is 13.3. The first-order valence-corrected chi connectivity index (χ1v) is 8.67. The fraction of sp³-hybridized carbons (Fsp3) is 0.824. The summed E-state index contributed by atoms with van der Waals surface area (Å²) in [6, 6.07) is -1.18. The van der Waals surface area contributed by atoms with Crippen LogP contribution in [0.4, 0.5) is 4.79 Å². The van der Waals surface area contributed by atoms with Crippen molar-refractivity contribution in [1.82, 2.24) is 16.3 Å². The van der Waals surface area contributed by atoms with E-state index < -0.39 is 29.7 Å². The van der Waals surface area contributed by atoms with Crippen molar-refractivity contribution in [1.29, 1.82) is 0 Å². The third kappa shape index (κ3) is 13.9. The molecule has 0 saturated heterocycles. The second-order valence-corrected chi connectivity index (χ2v) is 7.48. The lowest BCUT2D eigenvalue weighted by atomic mass is 10.0. The first-order valence-electron chi connectivity index (χ1n) is 8.67. The molecule has 5 N–H and O–H groups in total. The number of alkyl carbamates (subject to hydrolysis) is 1. The zero-order chi connectivity index (χ0) is 21.8. The fourth-order valence-electron chi connectivity index (χ4n) is 1.60. The molecule has 10 heteroatoms. The lowest BCUT2D eigenvalue weighted by molar-refractivity contribution is -0.134. The molecule has 3 amide bonds. The van der Waals surface area contributed by atoms with E-state index in [1.54, 1.807) is 20.8 Å². The van der Waals surface area contributed by atoms with Crippen LogP contribution in [0.25, 0.3) is 0 Å². The minimum absolute atomic E-state index is 0.0716. The summed E-state index contributed by atoms with van der Waals surface area (Å²) >= 11 is 0. The van der Waals surface area contributed by atoms with Crippen molar-refractivity contribution in [3.63, 3.8) is 0 Å². The quantitative estimate of drug-likeness (QED) is 0.471. The van der Waals surface area contributed by atoms with Crippen LogP contribution in [0.3, 0.4) is 0 Å². The van der Waals surface area contributed by atoms with Crippen LogP contribution in [0.2, 0.25) is 0 Å². The van der Waals surface area contributed by atoms with Gasteiger partial charge in [-0.25, -0.2) is 15.8 Å². The highest BCUT2D eigenvalue weighted by molar-refractivity contribution is 5.85. The Morgan fingerprint density at radius 1 is 0.852 bits per heavy atom. The number of carbonyl (C=O) groups excluding carboxylic acids is 3. The van der Waals surface area contributed by atoms with Crippen molar-refractivity contribution >= 4 is 17.9 Å². The van der Waals surface area contributed by atoms with E-state index >= 15 is 0 Å². The van der Waals surface area contributed by atoms with E-state index in [-0.39, 0.29) is 17.7 Å². The van der Waals surface area contributed by atoms with Gasteiger partial charge in [-0.1, -0.05) is 27.7 Å². The molecule has 0 unspecified atom stereocenters. The van der Waals surface area contributed by atoms with Gasteiger partial charge in [0.1, 0.15) is 11.6 Å². The highest BCUT2D eigenvalue weighted by Crippen LogP contribution is 2.08. The van der Waals surface area contributed by atoms with Gasteiger partial charge in [0, 0.05) is 0 Å². The zero-order valence-electron chi connectivity index (χ0n) is 17.8.